The van der Waals surface area contributed by atoms with Gasteiger partial charge in [-0.05, 0) is 12.5 Å². The van der Waals surface area contributed by atoms with Gasteiger partial charge in [-0.2, -0.15) is 0 Å². The van der Waals surface area contributed by atoms with Gasteiger partial charge in [-0.3, -0.25) is 0 Å². The molecule has 2 fully saturated rings. The first-order chi connectivity index (χ1) is 7.36. The minimum absolute atomic E-state index is 0.658. The molecule has 0 aliphatic carbocycles. The van der Waals surface area contributed by atoms with E-state index >= 15 is 0 Å². The Morgan fingerprint density at radius 2 is 2.47 bits per heavy atom. The SMILES string of the molecule is COc1ccc(N2C[C@H]3C[C@@H]2CN3)cn1. The van der Waals surface area contributed by atoms with Crippen LogP contribution in [0.4, 0.5) is 5.69 Å². The van der Waals surface area contributed by atoms with Crippen LogP contribution in [0, 0.1) is 0 Å². The van der Waals surface area contributed by atoms with Crippen molar-refractivity contribution in [2.24, 2.45) is 0 Å². The fraction of sp³-hybridized carbons (Fsp3) is 0.545. The monoisotopic (exact) mass is 205 g/mol. The Hall–Kier alpha value is -1.29. The second kappa shape index (κ2) is 3.38. The second-order valence-electron chi connectivity index (χ2n) is 4.21. The van der Waals surface area contributed by atoms with Crippen molar-refractivity contribution in [1.82, 2.24) is 10.3 Å². The van der Waals surface area contributed by atoms with Crippen LogP contribution in [0.3, 0.4) is 0 Å². The van der Waals surface area contributed by atoms with E-state index in [0.29, 0.717) is 18.0 Å². The van der Waals surface area contributed by atoms with E-state index in [1.165, 1.54) is 12.1 Å². The maximum absolute atomic E-state index is 5.05. The third kappa shape index (κ3) is 1.45. The molecule has 15 heavy (non-hydrogen) atoms. The number of fused-ring (bicyclic) bond motifs is 2. The fourth-order valence-corrected chi connectivity index (χ4v) is 2.54. The minimum atomic E-state index is 0.658. The van der Waals surface area contributed by atoms with Crippen LogP contribution in [-0.2, 0) is 0 Å². The zero-order chi connectivity index (χ0) is 10.3. The predicted molar refractivity (Wildman–Crippen MR) is 58.3 cm³/mol. The molecule has 3 heterocycles. The van der Waals surface area contributed by atoms with Crippen LogP contribution in [0.2, 0.25) is 0 Å². The summed E-state index contributed by atoms with van der Waals surface area (Å²) in [4.78, 5) is 6.68. The molecule has 1 aromatic heterocycles. The summed E-state index contributed by atoms with van der Waals surface area (Å²) in [6.45, 7) is 2.22. The lowest BCUT2D eigenvalue weighted by molar-refractivity contribution is 0.398. The van der Waals surface area contributed by atoms with Crippen molar-refractivity contribution in [2.75, 3.05) is 25.1 Å². The molecular weight excluding hydrogens is 190 g/mol. The van der Waals surface area contributed by atoms with Crippen LogP contribution in [0.5, 0.6) is 5.88 Å². The largest absolute Gasteiger partial charge is 0.481 e. The highest BCUT2D eigenvalue weighted by atomic mass is 16.5. The zero-order valence-corrected chi connectivity index (χ0v) is 8.81. The number of aromatic nitrogens is 1. The molecule has 2 saturated heterocycles. The van der Waals surface area contributed by atoms with Crippen molar-refractivity contribution in [3.8, 4) is 5.88 Å². The number of hydrogen-bond acceptors (Lipinski definition) is 4. The van der Waals surface area contributed by atoms with Gasteiger partial charge in [0.05, 0.1) is 19.0 Å². The van der Waals surface area contributed by atoms with Gasteiger partial charge in [0.2, 0.25) is 5.88 Å². The first kappa shape index (κ1) is 8.97. The summed E-state index contributed by atoms with van der Waals surface area (Å²) in [6, 6.07) is 5.35. The van der Waals surface area contributed by atoms with Crippen LogP contribution >= 0.6 is 0 Å². The lowest BCUT2D eigenvalue weighted by Gasteiger charge is -2.29. The third-order valence-electron chi connectivity index (χ3n) is 3.32. The van der Waals surface area contributed by atoms with Gasteiger partial charge in [-0.15, -0.1) is 0 Å². The summed E-state index contributed by atoms with van der Waals surface area (Å²) in [6.07, 6.45) is 3.17. The molecule has 0 saturated carbocycles. The van der Waals surface area contributed by atoms with E-state index in [4.69, 9.17) is 4.74 Å². The number of nitrogens with zero attached hydrogens (tertiary/aromatic N) is 2. The van der Waals surface area contributed by atoms with Crippen molar-refractivity contribution in [3.63, 3.8) is 0 Å². The van der Waals surface area contributed by atoms with Gasteiger partial charge < -0.3 is 15.0 Å². The standard InChI is InChI=1S/C11H15N3O/c1-15-11-3-2-9(5-13-11)14-7-8-4-10(14)6-12-8/h2-3,5,8,10,12H,4,6-7H2,1H3/t8-,10-/m1/s1. The average Bonchev–Trinajstić information content (AvgIpc) is 2.91. The van der Waals surface area contributed by atoms with Gasteiger partial charge in [-0.1, -0.05) is 0 Å². The molecule has 1 N–H and O–H groups in total. The lowest BCUT2D eigenvalue weighted by atomic mass is 10.2. The number of rotatable bonds is 2. The van der Waals surface area contributed by atoms with Gasteiger partial charge in [0, 0.05) is 31.2 Å². The van der Waals surface area contributed by atoms with E-state index in [1.54, 1.807) is 7.11 Å². The van der Waals surface area contributed by atoms with Crippen molar-refractivity contribution in [2.45, 2.75) is 18.5 Å². The molecule has 1 aromatic rings. The van der Waals surface area contributed by atoms with Gasteiger partial charge in [0.25, 0.3) is 0 Å². The maximum atomic E-state index is 5.05. The number of anilines is 1. The van der Waals surface area contributed by atoms with Crippen LogP contribution < -0.4 is 15.0 Å². The quantitative estimate of drug-likeness (QED) is 0.769. The zero-order valence-electron chi connectivity index (χ0n) is 8.81. The molecule has 2 aliphatic rings. The molecule has 2 atom stereocenters. The highest BCUT2D eigenvalue weighted by Crippen LogP contribution is 2.29. The number of nitrogens with one attached hydrogen (secondary N) is 1. The molecule has 4 nitrogen and oxygen atoms in total. The van der Waals surface area contributed by atoms with Gasteiger partial charge in [0.1, 0.15) is 0 Å². The van der Waals surface area contributed by atoms with E-state index in [9.17, 15) is 0 Å². The summed E-state index contributed by atoms with van der Waals surface area (Å²) < 4.78 is 5.05. The van der Waals surface area contributed by atoms with Crippen LogP contribution in [0.15, 0.2) is 18.3 Å². The molecule has 2 bridgehead atoms. The minimum Gasteiger partial charge on any atom is -0.481 e. The molecule has 0 unspecified atom stereocenters. The van der Waals surface area contributed by atoms with Crippen LogP contribution in [0.1, 0.15) is 6.42 Å². The Morgan fingerprint density at radius 1 is 1.53 bits per heavy atom. The van der Waals surface area contributed by atoms with E-state index in [2.05, 4.69) is 21.3 Å². The number of methoxy groups -OCH3 is 1. The van der Waals surface area contributed by atoms with Crippen LogP contribution in [-0.4, -0.2) is 37.3 Å². The summed E-state index contributed by atoms with van der Waals surface area (Å²) in [5.74, 6) is 0.682. The van der Waals surface area contributed by atoms with Crippen molar-refractivity contribution in [3.05, 3.63) is 18.3 Å². The van der Waals surface area contributed by atoms with Crippen LogP contribution in [0.25, 0.3) is 0 Å². The van der Waals surface area contributed by atoms with E-state index in [0.717, 1.165) is 13.1 Å². The average molecular weight is 205 g/mol. The summed E-state index contributed by atoms with van der Waals surface area (Å²) in [5.41, 5.74) is 1.21. The Kier molecular flexibility index (Phi) is 2.02. The third-order valence-corrected chi connectivity index (χ3v) is 3.32. The Bertz CT molecular complexity index is 351. The van der Waals surface area contributed by atoms with Gasteiger partial charge in [-0.25, -0.2) is 4.98 Å². The number of pyridine rings is 1. The fourth-order valence-electron chi connectivity index (χ4n) is 2.54. The van der Waals surface area contributed by atoms with E-state index in [-0.39, 0.29) is 0 Å². The Morgan fingerprint density at radius 3 is 3.00 bits per heavy atom. The van der Waals surface area contributed by atoms with Gasteiger partial charge in [0.15, 0.2) is 0 Å². The summed E-state index contributed by atoms with van der Waals surface area (Å²) in [7, 11) is 1.64. The Balaban J connectivity index is 1.81. The van der Waals surface area contributed by atoms with Crippen molar-refractivity contribution in [1.29, 1.82) is 0 Å². The van der Waals surface area contributed by atoms with Gasteiger partial charge >= 0.3 is 0 Å². The first-order valence-corrected chi connectivity index (χ1v) is 5.37. The maximum Gasteiger partial charge on any atom is 0.213 e. The summed E-state index contributed by atoms with van der Waals surface area (Å²) in [5, 5.41) is 3.49. The molecule has 3 rings (SSSR count). The molecule has 0 radical (unpaired) electrons. The number of hydrogen-bond donors (Lipinski definition) is 1. The van der Waals surface area contributed by atoms with Crippen molar-refractivity contribution >= 4 is 5.69 Å². The Labute approximate surface area is 89.3 Å². The van der Waals surface area contributed by atoms with E-state index in [1.807, 2.05) is 12.3 Å². The van der Waals surface area contributed by atoms with Crippen molar-refractivity contribution < 1.29 is 4.74 Å². The number of piperazine rings is 1. The molecule has 0 amide bonds. The normalized spacial score (nSPS) is 28.5. The molecule has 0 spiro atoms. The highest BCUT2D eigenvalue weighted by molar-refractivity contribution is 5.49. The molecular formula is C11H15N3O. The first-order valence-electron chi connectivity index (χ1n) is 5.37. The highest BCUT2D eigenvalue weighted by Gasteiger charge is 2.37. The predicted octanol–water partition coefficient (Wildman–Crippen LogP) is 0.641. The molecule has 80 valence electrons. The second-order valence-corrected chi connectivity index (χ2v) is 4.21. The number of ether oxygens (including phenoxy) is 1. The molecule has 4 heteroatoms. The van der Waals surface area contributed by atoms with E-state index < -0.39 is 0 Å². The smallest absolute Gasteiger partial charge is 0.213 e. The summed E-state index contributed by atoms with van der Waals surface area (Å²) >= 11 is 0. The topological polar surface area (TPSA) is 37.4 Å². The molecule has 2 aliphatic heterocycles. The molecule has 0 aromatic carbocycles. The lowest BCUT2D eigenvalue weighted by Crippen LogP contribution is -2.43.